The Hall–Kier alpha value is -4.41. The molecule has 44 heavy (non-hydrogen) atoms. The number of nitrogens with zero attached hydrogens (tertiary/aromatic N) is 5. The minimum Gasteiger partial charge on any atom is -0.330 e. The number of aryl methyl sites for hydroxylation is 2. The highest BCUT2D eigenvalue weighted by Gasteiger charge is 2.20. The molecule has 10 heteroatoms. The molecule has 1 aliphatic heterocycles. The lowest BCUT2D eigenvalue weighted by atomic mass is 9.96. The van der Waals surface area contributed by atoms with Gasteiger partial charge in [0.15, 0.2) is 5.84 Å². The summed E-state index contributed by atoms with van der Waals surface area (Å²) in [5.41, 5.74) is 9.64. The van der Waals surface area contributed by atoms with Gasteiger partial charge in [0.25, 0.3) is 5.56 Å². The number of hydroxylamine groups is 1. The summed E-state index contributed by atoms with van der Waals surface area (Å²) in [6, 6.07) is 15.9. The lowest BCUT2D eigenvalue weighted by molar-refractivity contribution is 0.306. The molecule has 1 N–H and O–H groups in total. The molecule has 1 unspecified atom stereocenters. The van der Waals surface area contributed by atoms with Crippen molar-refractivity contribution in [2.45, 2.75) is 59.4 Å². The first kappa shape index (κ1) is 31.0. The molecule has 1 atom stereocenters. The van der Waals surface area contributed by atoms with Gasteiger partial charge in [0.2, 0.25) is 0 Å². The second kappa shape index (κ2) is 13.9. The summed E-state index contributed by atoms with van der Waals surface area (Å²) in [6.07, 6.45) is 9.97. The molecule has 0 radical (unpaired) electrons. The molecule has 9 nitrogen and oxygen atoms in total. The minimum absolute atomic E-state index is 0.0369. The Morgan fingerprint density at radius 2 is 1.82 bits per heavy atom. The second-order valence-electron chi connectivity index (χ2n) is 10.7. The monoisotopic (exact) mass is 610 g/mol. The number of unbranched alkanes of at least 4 members (excludes halogenated alkanes) is 1. The first-order chi connectivity index (χ1) is 21.3. The smallest absolute Gasteiger partial charge is 0.309 e. The van der Waals surface area contributed by atoms with Gasteiger partial charge in [-0.3, -0.25) is 9.36 Å². The zero-order chi connectivity index (χ0) is 31.2. The Balaban J connectivity index is 1.48. The van der Waals surface area contributed by atoms with Gasteiger partial charge >= 0.3 is 11.3 Å². The number of benzene rings is 2. The van der Waals surface area contributed by atoms with Crippen LogP contribution in [0.2, 0.25) is 0 Å². The van der Waals surface area contributed by atoms with Crippen molar-refractivity contribution in [2.75, 3.05) is 0 Å². The minimum atomic E-state index is -1.75. The lowest BCUT2D eigenvalue weighted by Crippen LogP contribution is -2.30. The summed E-state index contributed by atoms with van der Waals surface area (Å²) in [6.45, 7) is 10.4. The molecule has 0 bridgehead atoms. The Kier molecular flexibility index (Phi) is 9.82. The highest BCUT2D eigenvalue weighted by molar-refractivity contribution is 7.79. The molecule has 0 aliphatic carbocycles. The third-order valence-corrected chi connectivity index (χ3v) is 8.33. The molecule has 0 spiro atoms. The van der Waals surface area contributed by atoms with E-state index in [9.17, 15) is 9.00 Å². The summed E-state index contributed by atoms with van der Waals surface area (Å²) < 4.78 is 24.3. The van der Waals surface area contributed by atoms with Gasteiger partial charge in [-0.25, -0.2) is 19.7 Å². The number of imidazole rings is 1. The van der Waals surface area contributed by atoms with E-state index in [0.29, 0.717) is 30.2 Å². The molecule has 0 saturated heterocycles. The van der Waals surface area contributed by atoms with Crippen LogP contribution in [0.3, 0.4) is 0 Å². The normalized spacial score (nSPS) is 14.6. The van der Waals surface area contributed by atoms with Crippen molar-refractivity contribution < 1.29 is 8.49 Å². The van der Waals surface area contributed by atoms with E-state index in [1.54, 1.807) is 10.6 Å². The Morgan fingerprint density at radius 1 is 1.07 bits per heavy atom. The van der Waals surface area contributed by atoms with Crippen molar-refractivity contribution in [2.24, 2.45) is 11.4 Å². The lowest BCUT2D eigenvalue weighted by Gasteiger charge is -2.16. The van der Waals surface area contributed by atoms with Crippen LogP contribution >= 0.6 is 0 Å². The number of nitrogens with one attached hydrogen (secondary N) is 1. The van der Waals surface area contributed by atoms with Gasteiger partial charge in [-0.1, -0.05) is 81.5 Å². The van der Waals surface area contributed by atoms with Crippen LogP contribution < -0.4 is 11.0 Å². The van der Waals surface area contributed by atoms with Crippen LogP contribution in [0.5, 0.6) is 0 Å². The number of aromatic nitrogens is 4. The van der Waals surface area contributed by atoms with E-state index in [-0.39, 0.29) is 5.56 Å². The van der Waals surface area contributed by atoms with Gasteiger partial charge in [-0.2, -0.15) is 4.28 Å². The van der Waals surface area contributed by atoms with Crippen LogP contribution in [0, 0.1) is 6.92 Å². The van der Waals surface area contributed by atoms with Gasteiger partial charge < -0.3 is 4.57 Å². The summed E-state index contributed by atoms with van der Waals surface area (Å²) in [7, 11) is 1.95. The van der Waals surface area contributed by atoms with Crippen LogP contribution in [0.25, 0.3) is 23.3 Å². The molecule has 5 rings (SSSR count). The first-order valence-electron chi connectivity index (χ1n) is 14.9. The zero-order valence-electron chi connectivity index (χ0n) is 25.7. The van der Waals surface area contributed by atoms with Gasteiger partial charge in [0.05, 0.1) is 23.6 Å². The summed E-state index contributed by atoms with van der Waals surface area (Å²) in [5, 5.41) is 0. The van der Waals surface area contributed by atoms with Crippen molar-refractivity contribution in [1.82, 2.24) is 24.6 Å². The van der Waals surface area contributed by atoms with E-state index in [1.165, 1.54) is 0 Å². The van der Waals surface area contributed by atoms with Crippen LogP contribution in [-0.4, -0.2) is 29.1 Å². The Labute approximate surface area is 260 Å². The molecule has 2 aromatic heterocycles. The maximum absolute atomic E-state index is 14.1. The zero-order valence-corrected chi connectivity index (χ0v) is 26.5. The van der Waals surface area contributed by atoms with E-state index >= 15 is 0 Å². The highest BCUT2D eigenvalue weighted by atomic mass is 32.2. The van der Waals surface area contributed by atoms with Gasteiger partial charge in [0, 0.05) is 24.6 Å². The molecule has 2 aromatic carbocycles. The SMILES string of the molecule is C=Cc1c(/C=C\CC)nc(Cn2c(C)nc(CCCC)c(Cc3ccc(-c4ccccc4C4=NS(=O)ON4)cc3)c2=O)n1C. The summed E-state index contributed by atoms with van der Waals surface area (Å²) >= 11 is -1.75. The number of amidine groups is 1. The average Bonchev–Trinajstić information content (AvgIpc) is 3.60. The van der Waals surface area contributed by atoms with Gasteiger partial charge in [-0.15, -0.1) is 4.40 Å². The van der Waals surface area contributed by atoms with Crippen LogP contribution in [0.4, 0.5) is 0 Å². The van der Waals surface area contributed by atoms with Crippen molar-refractivity contribution in [3.05, 3.63) is 117 Å². The van der Waals surface area contributed by atoms with Crippen molar-refractivity contribution in [3.63, 3.8) is 0 Å². The van der Waals surface area contributed by atoms with Gasteiger partial charge in [0.1, 0.15) is 11.6 Å². The molecular formula is C34H38N6O3S. The van der Waals surface area contributed by atoms with Crippen molar-refractivity contribution >= 4 is 29.3 Å². The van der Waals surface area contributed by atoms with Crippen LogP contribution in [-0.2, 0) is 42.0 Å². The van der Waals surface area contributed by atoms with E-state index in [2.05, 4.69) is 36.4 Å². The van der Waals surface area contributed by atoms with E-state index in [4.69, 9.17) is 14.3 Å². The average molecular weight is 611 g/mol. The molecule has 1 aliphatic rings. The molecule has 0 amide bonds. The topological polar surface area (TPSA) is 103 Å². The Bertz CT molecular complexity index is 1820. The largest absolute Gasteiger partial charge is 0.330 e. The fourth-order valence-corrected chi connectivity index (χ4v) is 5.84. The number of hydrogen-bond acceptors (Lipinski definition) is 6. The predicted octanol–water partition coefficient (Wildman–Crippen LogP) is 5.86. The van der Waals surface area contributed by atoms with Crippen molar-refractivity contribution in [3.8, 4) is 11.1 Å². The maximum Gasteiger partial charge on any atom is 0.309 e. The molecule has 4 aromatic rings. The third kappa shape index (κ3) is 6.56. The molecule has 0 saturated carbocycles. The standard InChI is InChI=1S/C34H38N6O3S/c1-6-9-15-29-28(34(41)40(23(4)35-29)22-32-36-30(16-10-7-2)31(8-3)39(32)5)21-24-17-19-25(20-18-24)26-13-11-12-14-27(26)33-37-43-44(42)38-33/h8,10-14,16-20H,3,6-7,9,15,21-22H2,1-2,4-5H3,(H,37,38)/b16-10-. The molecule has 3 heterocycles. The predicted molar refractivity (Wildman–Crippen MR) is 177 cm³/mol. The molecule has 0 fully saturated rings. The molecular weight excluding hydrogens is 572 g/mol. The number of allylic oxidation sites excluding steroid dienone is 1. The van der Waals surface area contributed by atoms with Crippen LogP contribution in [0.1, 0.15) is 78.5 Å². The summed E-state index contributed by atoms with van der Waals surface area (Å²) in [5.74, 6) is 1.88. The Morgan fingerprint density at radius 3 is 2.48 bits per heavy atom. The van der Waals surface area contributed by atoms with E-state index in [0.717, 1.165) is 70.8 Å². The van der Waals surface area contributed by atoms with Crippen molar-refractivity contribution in [1.29, 1.82) is 0 Å². The number of rotatable bonds is 12. The fraction of sp³-hybridized carbons (Fsp3) is 0.294. The highest BCUT2D eigenvalue weighted by Crippen LogP contribution is 2.26. The first-order valence-corrected chi connectivity index (χ1v) is 15.9. The molecule has 228 valence electrons. The summed E-state index contributed by atoms with van der Waals surface area (Å²) in [4.78, 5) is 23.9. The second-order valence-corrected chi connectivity index (χ2v) is 11.5. The maximum atomic E-state index is 14.1. The quantitative estimate of drug-likeness (QED) is 0.216. The third-order valence-electron chi connectivity index (χ3n) is 7.77. The van der Waals surface area contributed by atoms with Gasteiger partial charge in [-0.05, 0) is 55.0 Å². The van der Waals surface area contributed by atoms with E-state index in [1.807, 2.05) is 73.1 Å². The fourth-order valence-electron chi connectivity index (χ4n) is 5.37. The van der Waals surface area contributed by atoms with E-state index < -0.39 is 11.3 Å². The number of hydrogen-bond donors (Lipinski definition) is 1. The van der Waals surface area contributed by atoms with Crippen LogP contribution in [0.15, 0.2) is 70.4 Å².